The number of fused-ring (bicyclic) bond motifs is 1. The molecule has 1 aliphatic rings. The number of halogens is 1. The summed E-state index contributed by atoms with van der Waals surface area (Å²) in [6.45, 7) is 0. The van der Waals surface area contributed by atoms with E-state index in [1.54, 1.807) is 36.4 Å². The van der Waals surface area contributed by atoms with E-state index in [4.69, 9.17) is 4.74 Å². The van der Waals surface area contributed by atoms with Crippen LogP contribution in [0.3, 0.4) is 0 Å². The molecule has 2 aromatic rings. The highest BCUT2D eigenvalue weighted by atomic mass is 79.9. The van der Waals surface area contributed by atoms with E-state index in [1.165, 1.54) is 7.11 Å². The molecule has 0 fully saturated rings. The van der Waals surface area contributed by atoms with Gasteiger partial charge >= 0.3 is 0 Å². The van der Waals surface area contributed by atoms with E-state index in [1.807, 2.05) is 0 Å². The smallest absolute Gasteiger partial charge is 0.267 e. The third kappa shape index (κ3) is 1.80. The first-order valence-corrected chi connectivity index (χ1v) is 6.61. The zero-order valence-corrected chi connectivity index (χ0v) is 12.0. The number of nitrogens with zero attached hydrogens (tertiary/aromatic N) is 2. The number of anilines is 1. The van der Waals surface area contributed by atoms with Gasteiger partial charge < -0.3 is 4.74 Å². The largest absolute Gasteiger partial charge is 0.494 e. The molecule has 6 heteroatoms. The second kappa shape index (κ2) is 4.72. The molecule has 1 aromatic carbocycles. The quantitative estimate of drug-likeness (QED) is 0.626. The molecule has 1 aliphatic heterocycles. The van der Waals surface area contributed by atoms with Crippen molar-refractivity contribution in [3.8, 4) is 5.75 Å². The molecule has 5 nitrogen and oxygen atoms in total. The summed E-state index contributed by atoms with van der Waals surface area (Å²) in [5.41, 5.74) is 0.789. The maximum atomic E-state index is 12.3. The molecule has 0 saturated heterocycles. The second-order valence-corrected chi connectivity index (χ2v) is 4.90. The number of carbonyl (C=O) groups excluding carboxylic acids is 2. The summed E-state index contributed by atoms with van der Waals surface area (Å²) in [4.78, 5) is 29.8. The number of methoxy groups -OCH3 is 1. The van der Waals surface area contributed by atoms with Crippen LogP contribution in [0.1, 0.15) is 20.7 Å². The molecule has 2 amide bonds. The molecule has 0 radical (unpaired) electrons. The van der Waals surface area contributed by atoms with Crippen LogP contribution in [0.2, 0.25) is 0 Å². The number of aromatic nitrogens is 1. The van der Waals surface area contributed by atoms with Crippen LogP contribution in [0, 0.1) is 0 Å². The Morgan fingerprint density at radius 2 is 1.65 bits per heavy atom. The van der Waals surface area contributed by atoms with Crippen molar-refractivity contribution in [1.29, 1.82) is 0 Å². The Morgan fingerprint density at radius 1 is 1.05 bits per heavy atom. The van der Waals surface area contributed by atoms with Crippen LogP contribution in [-0.2, 0) is 0 Å². The fourth-order valence-electron chi connectivity index (χ4n) is 2.09. The maximum Gasteiger partial charge on any atom is 0.267 e. The van der Waals surface area contributed by atoms with E-state index < -0.39 is 0 Å². The van der Waals surface area contributed by atoms with Crippen molar-refractivity contribution in [2.75, 3.05) is 12.0 Å². The fourth-order valence-corrected chi connectivity index (χ4v) is 2.56. The molecule has 0 spiro atoms. The van der Waals surface area contributed by atoms with Gasteiger partial charge in [0.05, 0.1) is 18.2 Å². The Hall–Kier alpha value is -2.21. The summed E-state index contributed by atoms with van der Waals surface area (Å²) in [6, 6.07) is 9.94. The molecule has 0 atom stereocenters. The summed E-state index contributed by atoms with van der Waals surface area (Å²) >= 11 is 3.24. The maximum absolute atomic E-state index is 12.3. The van der Waals surface area contributed by atoms with Gasteiger partial charge in [0, 0.05) is 0 Å². The molecular formula is C14H9BrN2O3. The highest BCUT2D eigenvalue weighted by molar-refractivity contribution is 9.10. The van der Waals surface area contributed by atoms with Crippen molar-refractivity contribution < 1.29 is 14.3 Å². The summed E-state index contributed by atoms with van der Waals surface area (Å²) in [6.07, 6.45) is 0. The zero-order chi connectivity index (χ0) is 14.3. The van der Waals surface area contributed by atoms with Gasteiger partial charge in [0.25, 0.3) is 11.8 Å². The normalized spacial score (nSPS) is 13.6. The van der Waals surface area contributed by atoms with Crippen LogP contribution in [0.25, 0.3) is 0 Å². The Balaban J connectivity index is 2.07. The van der Waals surface area contributed by atoms with Crippen LogP contribution in [-0.4, -0.2) is 23.9 Å². The van der Waals surface area contributed by atoms with Crippen molar-refractivity contribution in [3.63, 3.8) is 0 Å². The van der Waals surface area contributed by atoms with E-state index in [0.717, 1.165) is 4.90 Å². The first kappa shape index (κ1) is 12.8. The Bertz CT molecular complexity index is 695. The van der Waals surface area contributed by atoms with Gasteiger partial charge in [-0.15, -0.1) is 0 Å². The molecule has 0 N–H and O–H groups in total. The van der Waals surface area contributed by atoms with Crippen LogP contribution in [0.4, 0.5) is 5.82 Å². The number of hydrogen-bond donors (Lipinski definition) is 0. The Labute approximate surface area is 123 Å². The standard InChI is InChI=1S/C14H9BrN2O3/c1-20-10-6-7-11(16-12(10)15)17-13(18)8-4-2-3-5-9(8)14(17)19/h2-7H,1H3. The number of ether oxygens (including phenoxy) is 1. The van der Waals surface area contributed by atoms with Gasteiger partial charge in [-0.25, -0.2) is 9.88 Å². The second-order valence-electron chi connectivity index (χ2n) is 4.15. The van der Waals surface area contributed by atoms with Crippen LogP contribution < -0.4 is 9.64 Å². The fraction of sp³-hybridized carbons (Fsp3) is 0.0714. The molecule has 0 unspecified atom stereocenters. The van der Waals surface area contributed by atoms with Gasteiger partial charge in [-0.2, -0.15) is 0 Å². The molecule has 20 heavy (non-hydrogen) atoms. The van der Waals surface area contributed by atoms with Crippen LogP contribution in [0.15, 0.2) is 41.0 Å². The zero-order valence-electron chi connectivity index (χ0n) is 10.5. The first-order valence-electron chi connectivity index (χ1n) is 5.82. The lowest BCUT2D eigenvalue weighted by molar-refractivity contribution is 0.0925. The number of pyridine rings is 1. The molecule has 0 bridgehead atoms. The van der Waals surface area contributed by atoms with E-state index in [2.05, 4.69) is 20.9 Å². The lowest BCUT2D eigenvalue weighted by Gasteiger charge is -2.13. The van der Waals surface area contributed by atoms with Gasteiger partial charge in [0.15, 0.2) is 5.75 Å². The lowest BCUT2D eigenvalue weighted by Crippen LogP contribution is -2.30. The van der Waals surface area contributed by atoms with Gasteiger partial charge in [-0.05, 0) is 40.2 Å². The van der Waals surface area contributed by atoms with Gasteiger partial charge in [-0.3, -0.25) is 9.59 Å². The molecular weight excluding hydrogens is 324 g/mol. The Kier molecular flexibility index (Phi) is 3.02. The van der Waals surface area contributed by atoms with E-state index in [-0.39, 0.29) is 17.6 Å². The highest BCUT2D eigenvalue weighted by Gasteiger charge is 2.37. The number of benzene rings is 1. The average molecular weight is 333 g/mol. The Morgan fingerprint density at radius 3 is 2.15 bits per heavy atom. The van der Waals surface area contributed by atoms with Gasteiger partial charge in [0.2, 0.25) is 0 Å². The number of imide groups is 1. The monoisotopic (exact) mass is 332 g/mol. The molecule has 1 aromatic heterocycles. The van der Waals surface area contributed by atoms with Crippen molar-refractivity contribution in [2.24, 2.45) is 0 Å². The van der Waals surface area contributed by atoms with E-state index in [9.17, 15) is 9.59 Å². The van der Waals surface area contributed by atoms with E-state index in [0.29, 0.717) is 21.5 Å². The number of carbonyl (C=O) groups is 2. The first-order chi connectivity index (χ1) is 9.63. The summed E-state index contributed by atoms with van der Waals surface area (Å²) < 4.78 is 5.52. The predicted octanol–water partition coefficient (Wildman–Crippen LogP) is 2.65. The van der Waals surface area contributed by atoms with Gasteiger partial charge in [0.1, 0.15) is 10.4 Å². The number of hydrogen-bond acceptors (Lipinski definition) is 4. The van der Waals surface area contributed by atoms with Crippen molar-refractivity contribution in [1.82, 2.24) is 4.98 Å². The minimum absolute atomic E-state index is 0.267. The van der Waals surface area contributed by atoms with Crippen molar-refractivity contribution in [3.05, 3.63) is 52.1 Å². The van der Waals surface area contributed by atoms with Crippen LogP contribution >= 0.6 is 15.9 Å². The third-order valence-corrected chi connectivity index (χ3v) is 3.61. The van der Waals surface area contributed by atoms with Crippen molar-refractivity contribution >= 4 is 33.6 Å². The molecule has 100 valence electrons. The minimum Gasteiger partial charge on any atom is -0.494 e. The average Bonchev–Trinajstić information content (AvgIpc) is 2.71. The third-order valence-electron chi connectivity index (χ3n) is 3.04. The molecule has 0 aliphatic carbocycles. The predicted molar refractivity (Wildman–Crippen MR) is 76.1 cm³/mol. The summed E-state index contributed by atoms with van der Waals surface area (Å²) in [7, 11) is 1.52. The van der Waals surface area contributed by atoms with Gasteiger partial charge in [-0.1, -0.05) is 12.1 Å². The molecule has 2 heterocycles. The number of amides is 2. The van der Waals surface area contributed by atoms with E-state index >= 15 is 0 Å². The molecule has 3 rings (SSSR count). The highest BCUT2D eigenvalue weighted by Crippen LogP contribution is 2.30. The topological polar surface area (TPSA) is 59.5 Å². The number of rotatable bonds is 2. The lowest BCUT2D eigenvalue weighted by atomic mass is 10.1. The minimum atomic E-state index is -0.366. The van der Waals surface area contributed by atoms with Crippen LogP contribution in [0.5, 0.6) is 5.75 Å². The molecule has 0 saturated carbocycles. The van der Waals surface area contributed by atoms with Crippen molar-refractivity contribution in [2.45, 2.75) is 0 Å². The summed E-state index contributed by atoms with van der Waals surface area (Å²) in [5.74, 6) is 0.0690. The SMILES string of the molecule is COc1ccc(N2C(=O)c3ccccc3C2=O)nc1Br. The summed E-state index contributed by atoms with van der Waals surface area (Å²) in [5, 5.41) is 0.